The Hall–Kier alpha value is -4.06. The van der Waals surface area contributed by atoms with Gasteiger partial charge < -0.3 is 4.42 Å². The minimum atomic E-state index is -0.413. The summed E-state index contributed by atoms with van der Waals surface area (Å²) in [5, 5.41) is 10.7. The summed E-state index contributed by atoms with van der Waals surface area (Å²) in [6, 6.07) is 16.4. The monoisotopic (exact) mass is 411 g/mol. The van der Waals surface area contributed by atoms with Gasteiger partial charge in [-0.1, -0.05) is 18.2 Å². The third-order valence-electron chi connectivity index (χ3n) is 4.97. The van der Waals surface area contributed by atoms with Crippen LogP contribution < -0.4 is 0 Å². The quantitative estimate of drug-likeness (QED) is 0.207. The fraction of sp³-hybridized carbons (Fsp3) is 0.120. The molecule has 6 nitrogen and oxygen atoms in total. The molecule has 4 aromatic rings. The van der Waals surface area contributed by atoms with Gasteiger partial charge in [-0.25, -0.2) is 4.98 Å². The summed E-state index contributed by atoms with van der Waals surface area (Å²) < 4.78 is 6.02. The average Bonchev–Trinajstić information content (AvgIpc) is 3.17. The SMILES string of the molecule is Cc1cc(C)c2oc(-c3ccc(C)c(N=CC=Cc4ccc([N+](=O)[O-])cc4)c3)nc2c1. The van der Waals surface area contributed by atoms with E-state index in [1.165, 1.54) is 12.1 Å². The highest BCUT2D eigenvalue weighted by molar-refractivity contribution is 5.83. The molecule has 0 amide bonds. The minimum Gasteiger partial charge on any atom is -0.436 e. The van der Waals surface area contributed by atoms with Crippen molar-refractivity contribution in [3.8, 4) is 11.5 Å². The first-order valence-electron chi connectivity index (χ1n) is 9.85. The van der Waals surface area contributed by atoms with Gasteiger partial charge in [-0.2, -0.15) is 0 Å². The summed E-state index contributed by atoms with van der Waals surface area (Å²) in [5.41, 5.74) is 7.52. The van der Waals surface area contributed by atoms with Gasteiger partial charge in [0.25, 0.3) is 5.69 Å². The van der Waals surface area contributed by atoms with Crippen molar-refractivity contribution in [2.75, 3.05) is 0 Å². The molecule has 1 heterocycles. The summed E-state index contributed by atoms with van der Waals surface area (Å²) in [7, 11) is 0. The highest BCUT2D eigenvalue weighted by Gasteiger charge is 2.12. The number of rotatable bonds is 5. The molecule has 0 aliphatic heterocycles. The van der Waals surface area contributed by atoms with Crippen LogP contribution in [0.3, 0.4) is 0 Å². The largest absolute Gasteiger partial charge is 0.436 e. The van der Waals surface area contributed by atoms with Gasteiger partial charge >= 0.3 is 0 Å². The molecule has 31 heavy (non-hydrogen) atoms. The first kappa shape index (κ1) is 20.2. The Bertz CT molecular complexity index is 1330. The molecule has 0 spiro atoms. The van der Waals surface area contributed by atoms with Gasteiger partial charge in [-0.3, -0.25) is 15.1 Å². The standard InChI is InChI=1S/C25H21N3O3/c1-16-13-18(3)24-23(14-16)27-25(31-24)20-9-6-17(2)22(15-20)26-12-4-5-19-7-10-21(11-8-19)28(29)30/h4-15H,1-3H3. The van der Waals surface area contributed by atoms with Gasteiger partial charge in [-0.15, -0.1) is 0 Å². The topological polar surface area (TPSA) is 81.5 Å². The van der Waals surface area contributed by atoms with Crippen LogP contribution in [0.15, 0.2) is 70.1 Å². The van der Waals surface area contributed by atoms with Crippen molar-refractivity contribution in [3.63, 3.8) is 0 Å². The minimum absolute atomic E-state index is 0.0720. The molecule has 0 radical (unpaired) electrons. The fourth-order valence-electron chi connectivity index (χ4n) is 3.37. The zero-order valence-electron chi connectivity index (χ0n) is 17.5. The number of aryl methyl sites for hydroxylation is 3. The number of hydrogen-bond acceptors (Lipinski definition) is 5. The van der Waals surface area contributed by atoms with E-state index in [0.29, 0.717) is 5.89 Å². The molecule has 4 rings (SSSR count). The molecule has 3 aromatic carbocycles. The number of non-ortho nitro benzene ring substituents is 1. The number of nitro groups is 1. The van der Waals surface area contributed by atoms with Crippen LogP contribution in [0.4, 0.5) is 11.4 Å². The Kier molecular flexibility index (Phi) is 5.45. The molecule has 0 fully saturated rings. The third-order valence-corrected chi connectivity index (χ3v) is 4.97. The van der Waals surface area contributed by atoms with Crippen LogP contribution in [-0.2, 0) is 0 Å². The van der Waals surface area contributed by atoms with E-state index in [1.54, 1.807) is 24.4 Å². The molecule has 0 aliphatic rings. The van der Waals surface area contributed by atoms with Gasteiger partial charge in [0.05, 0.1) is 10.6 Å². The van der Waals surface area contributed by atoms with Gasteiger partial charge in [0.2, 0.25) is 5.89 Å². The number of nitro benzene ring substituents is 1. The van der Waals surface area contributed by atoms with E-state index in [9.17, 15) is 10.1 Å². The molecule has 6 heteroatoms. The van der Waals surface area contributed by atoms with E-state index in [1.807, 2.05) is 51.1 Å². The van der Waals surface area contributed by atoms with E-state index >= 15 is 0 Å². The van der Waals surface area contributed by atoms with Crippen molar-refractivity contribution in [2.24, 2.45) is 4.99 Å². The van der Waals surface area contributed by atoms with E-state index < -0.39 is 4.92 Å². The Morgan fingerprint density at radius 3 is 2.52 bits per heavy atom. The van der Waals surface area contributed by atoms with Crippen LogP contribution in [0.25, 0.3) is 28.6 Å². The van der Waals surface area contributed by atoms with E-state index in [4.69, 9.17) is 4.42 Å². The Morgan fingerprint density at radius 1 is 1.00 bits per heavy atom. The van der Waals surface area contributed by atoms with E-state index in [2.05, 4.69) is 16.0 Å². The highest BCUT2D eigenvalue weighted by Crippen LogP contribution is 2.30. The molecule has 0 atom stereocenters. The van der Waals surface area contributed by atoms with Gasteiger partial charge in [0.15, 0.2) is 5.58 Å². The summed E-state index contributed by atoms with van der Waals surface area (Å²) in [6.45, 7) is 6.06. The molecule has 154 valence electrons. The second-order valence-corrected chi connectivity index (χ2v) is 7.44. The fourth-order valence-corrected chi connectivity index (χ4v) is 3.37. The summed E-state index contributed by atoms with van der Waals surface area (Å²) in [4.78, 5) is 19.5. The molecule has 0 aliphatic carbocycles. The predicted molar refractivity (Wildman–Crippen MR) is 124 cm³/mol. The van der Waals surface area contributed by atoms with Crippen LogP contribution in [0, 0.1) is 30.9 Å². The molecular formula is C25H21N3O3. The van der Waals surface area contributed by atoms with Gasteiger partial charge in [0.1, 0.15) is 5.52 Å². The van der Waals surface area contributed by atoms with E-state index in [0.717, 1.165) is 44.6 Å². The Morgan fingerprint density at radius 2 is 1.77 bits per heavy atom. The van der Waals surface area contributed by atoms with Gasteiger partial charge in [-0.05, 0) is 79.4 Å². The number of allylic oxidation sites excluding steroid dienone is 1. The molecule has 1 aromatic heterocycles. The second-order valence-electron chi connectivity index (χ2n) is 7.44. The lowest BCUT2D eigenvalue weighted by Gasteiger charge is -2.02. The van der Waals surface area contributed by atoms with Crippen LogP contribution >= 0.6 is 0 Å². The van der Waals surface area contributed by atoms with Gasteiger partial charge in [0, 0.05) is 23.9 Å². The number of benzene rings is 3. The lowest BCUT2D eigenvalue weighted by atomic mass is 10.1. The maximum Gasteiger partial charge on any atom is 0.269 e. The van der Waals surface area contributed by atoms with Crippen LogP contribution in [-0.4, -0.2) is 16.1 Å². The van der Waals surface area contributed by atoms with Crippen LogP contribution in [0.1, 0.15) is 22.3 Å². The molecule has 0 saturated heterocycles. The molecule has 0 saturated carbocycles. The molecular weight excluding hydrogens is 390 g/mol. The summed E-state index contributed by atoms with van der Waals surface area (Å²) >= 11 is 0. The maximum absolute atomic E-state index is 10.7. The number of aliphatic imine (C=N–C) groups is 1. The third kappa shape index (κ3) is 4.43. The maximum atomic E-state index is 10.7. The first-order chi connectivity index (χ1) is 14.9. The highest BCUT2D eigenvalue weighted by atomic mass is 16.6. The molecule has 0 N–H and O–H groups in total. The zero-order valence-corrected chi connectivity index (χ0v) is 17.5. The number of oxazole rings is 1. The van der Waals surface area contributed by atoms with Crippen LogP contribution in [0.5, 0.6) is 0 Å². The Labute approximate surface area is 179 Å². The van der Waals surface area contributed by atoms with Crippen molar-refractivity contribution < 1.29 is 9.34 Å². The van der Waals surface area contributed by atoms with E-state index in [-0.39, 0.29) is 5.69 Å². The van der Waals surface area contributed by atoms with Crippen molar-refractivity contribution in [1.82, 2.24) is 4.98 Å². The number of hydrogen-bond donors (Lipinski definition) is 0. The van der Waals surface area contributed by atoms with Crippen molar-refractivity contribution in [1.29, 1.82) is 0 Å². The normalized spacial score (nSPS) is 11.7. The van der Waals surface area contributed by atoms with Crippen molar-refractivity contribution in [2.45, 2.75) is 20.8 Å². The van der Waals surface area contributed by atoms with Crippen molar-refractivity contribution >= 4 is 34.8 Å². The lowest BCUT2D eigenvalue weighted by Crippen LogP contribution is -1.86. The molecule has 0 bridgehead atoms. The zero-order chi connectivity index (χ0) is 22.0. The van der Waals surface area contributed by atoms with Crippen LogP contribution in [0.2, 0.25) is 0 Å². The predicted octanol–water partition coefficient (Wildman–Crippen LogP) is 6.74. The smallest absolute Gasteiger partial charge is 0.269 e. The summed E-state index contributed by atoms with van der Waals surface area (Å²) in [5.74, 6) is 0.571. The first-order valence-corrected chi connectivity index (χ1v) is 9.85. The molecule has 0 unspecified atom stereocenters. The lowest BCUT2D eigenvalue weighted by molar-refractivity contribution is -0.384. The number of nitrogens with zero attached hydrogens (tertiary/aromatic N) is 3. The number of aromatic nitrogens is 1. The second kappa shape index (κ2) is 8.36. The summed E-state index contributed by atoms with van der Waals surface area (Å²) in [6.07, 6.45) is 5.35. The number of fused-ring (bicyclic) bond motifs is 1. The van der Waals surface area contributed by atoms with Crippen molar-refractivity contribution in [3.05, 3.63) is 93.0 Å². The average molecular weight is 411 g/mol. The Balaban J connectivity index is 1.56.